The SMILES string of the molecule is COc1ccc2c(Oc3ccc(C[C@@H](CO)N(Cc4ccccc4)C[C@H](O)COc4ccccc4)cc3)ccnc2c1. The van der Waals surface area contributed by atoms with Crippen molar-refractivity contribution in [2.45, 2.75) is 25.1 Å². The van der Waals surface area contributed by atoms with Crippen molar-refractivity contribution in [2.75, 3.05) is 26.9 Å². The molecule has 216 valence electrons. The molecule has 0 aliphatic heterocycles. The Balaban J connectivity index is 1.26. The molecular formula is C35H36N2O5. The third-order valence-corrected chi connectivity index (χ3v) is 7.12. The molecule has 0 saturated heterocycles. The summed E-state index contributed by atoms with van der Waals surface area (Å²) in [6.45, 7) is 1.06. The first-order chi connectivity index (χ1) is 20.6. The number of para-hydroxylation sites is 1. The maximum atomic E-state index is 10.9. The van der Waals surface area contributed by atoms with E-state index in [0.717, 1.165) is 27.8 Å². The number of hydrogen-bond donors (Lipinski definition) is 2. The number of pyridine rings is 1. The summed E-state index contributed by atoms with van der Waals surface area (Å²) >= 11 is 0. The van der Waals surface area contributed by atoms with E-state index in [-0.39, 0.29) is 19.3 Å². The number of rotatable bonds is 14. The highest BCUT2D eigenvalue weighted by Gasteiger charge is 2.22. The number of fused-ring (bicyclic) bond motifs is 1. The molecule has 0 bridgehead atoms. The van der Waals surface area contributed by atoms with Gasteiger partial charge in [0.15, 0.2) is 0 Å². The van der Waals surface area contributed by atoms with Crippen LogP contribution in [-0.2, 0) is 13.0 Å². The Morgan fingerprint density at radius 2 is 1.50 bits per heavy atom. The molecule has 0 amide bonds. The average molecular weight is 565 g/mol. The topological polar surface area (TPSA) is 84.3 Å². The molecule has 0 aliphatic carbocycles. The van der Waals surface area contributed by atoms with Gasteiger partial charge in [-0.15, -0.1) is 0 Å². The maximum absolute atomic E-state index is 10.9. The van der Waals surface area contributed by atoms with Gasteiger partial charge in [-0.05, 0) is 60.0 Å². The minimum atomic E-state index is -0.728. The van der Waals surface area contributed by atoms with Crippen molar-refractivity contribution in [1.29, 1.82) is 0 Å². The summed E-state index contributed by atoms with van der Waals surface area (Å²) in [7, 11) is 1.63. The molecule has 5 aromatic rings. The van der Waals surface area contributed by atoms with E-state index in [1.165, 1.54) is 0 Å². The number of methoxy groups -OCH3 is 1. The van der Waals surface area contributed by atoms with Crippen LogP contribution < -0.4 is 14.2 Å². The lowest BCUT2D eigenvalue weighted by atomic mass is 10.0. The zero-order valence-corrected chi connectivity index (χ0v) is 23.7. The lowest BCUT2D eigenvalue weighted by molar-refractivity contribution is 0.0335. The van der Waals surface area contributed by atoms with Gasteiger partial charge in [0.25, 0.3) is 0 Å². The Hall–Kier alpha value is -4.43. The Bertz CT molecular complexity index is 1530. The lowest BCUT2D eigenvalue weighted by Crippen LogP contribution is -2.44. The predicted octanol–water partition coefficient (Wildman–Crippen LogP) is 5.88. The first-order valence-electron chi connectivity index (χ1n) is 14.1. The Morgan fingerprint density at radius 1 is 0.786 bits per heavy atom. The van der Waals surface area contributed by atoms with E-state index in [1.807, 2.05) is 97.1 Å². The molecule has 0 unspecified atom stereocenters. The predicted molar refractivity (Wildman–Crippen MR) is 164 cm³/mol. The number of hydrogen-bond acceptors (Lipinski definition) is 7. The van der Waals surface area contributed by atoms with Gasteiger partial charge in [-0.2, -0.15) is 0 Å². The van der Waals surface area contributed by atoms with Crippen LogP contribution in [0.3, 0.4) is 0 Å². The number of aliphatic hydroxyl groups excluding tert-OH is 2. The molecule has 5 rings (SSSR count). The van der Waals surface area contributed by atoms with Gasteiger partial charge in [-0.3, -0.25) is 9.88 Å². The van der Waals surface area contributed by atoms with Crippen LogP contribution in [0, 0.1) is 0 Å². The molecular weight excluding hydrogens is 528 g/mol. The lowest BCUT2D eigenvalue weighted by Gasteiger charge is -2.32. The van der Waals surface area contributed by atoms with Crippen LogP contribution in [0.15, 0.2) is 115 Å². The minimum absolute atomic E-state index is 0.0518. The smallest absolute Gasteiger partial charge is 0.138 e. The molecule has 2 atom stereocenters. The molecule has 0 radical (unpaired) electrons. The number of benzene rings is 4. The number of ether oxygens (including phenoxy) is 3. The fourth-order valence-electron chi connectivity index (χ4n) is 4.91. The van der Waals surface area contributed by atoms with Crippen LogP contribution in [0.5, 0.6) is 23.0 Å². The van der Waals surface area contributed by atoms with E-state index >= 15 is 0 Å². The third kappa shape index (κ3) is 7.85. The minimum Gasteiger partial charge on any atom is -0.497 e. The van der Waals surface area contributed by atoms with Crippen LogP contribution in [0.4, 0.5) is 0 Å². The van der Waals surface area contributed by atoms with E-state index in [4.69, 9.17) is 14.2 Å². The van der Waals surface area contributed by atoms with Crippen molar-refractivity contribution >= 4 is 10.9 Å². The summed E-state index contributed by atoms with van der Waals surface area (Å²) in [5.74, 6) is 2.88. The Kier molecular flexibility index (Phi) is 10.0. The van der Waals surface area contributed by atoms with Gasteiger partial charge >= 0.3 is 0 Å². The van der Waals surface area contributed by atoms with E-state index in [2.05, 4.69) is 22.0 Å². The summed E-state index contributed by atoms with van der Waals surface area (Å²) in [6, 6.07) is 34.8. The monoisotopic (exact) mass is 564 g/mol. The molecule has 0 fully saturated rings. The van der Waals surface area contributed by atoms with Crippen LogP contribution in [0.2, 0.25) is 0 Å². The second kappa shape index (κ2) is 14.5. The van der Waals surface area contributed by atoms with Crippen molar-refractivity contribution in [3.63, 3.8) is 0 Å². The highest BCUT2D eigenvalue weighted by atomic mass is 16.5. The van der Waals surface area contributed by atoms with E-state index < -0.39 is 6.10 Å². The quantitative estimate of drug-likeness (QED) is 0.174. The second-order valence-corrected chi connectivity index (χ2v) is 10.2. The van der Waals surface area contributed by atoms with Gasteiger partial charge < -0.3 is 24.4 Å². The van der Waals surface area contributed by atoms with Crippen molar-refractivity contribution in [2.24, 2.45) is 0 Å². The molecule has 0 aliphatic rings. The molecule has 0 spiro atoms. The van der Waals surface area contributed by atoms with Gasteiger partial charge in [-0.1, -0.05) is 60.7 Å². The van der Waals surface area contributed by atoms with Gasteiger partial charge in [-0.25, -0.2) is 0 Å². The number of aliphatic hydroxyl groups is 2. The van der Waals surface area contributed by atoms with E-state index in [1.54, 1.807) is 13.3 Å². The zero-order valence-electron chi connectivity index (χ0n) is 23.7. The Labute approximate surface area is 246 Å². The van der Waals surface area contributed by atoms with Crippen molar-refractivity contribution in [3.05, 3.63) is 127 Å². The standard InChI is InChI=1S/C35H36N2O5/c1-40-32-16-17-33-34(21-32)36-19-18-35(33)42-31-14-12-26(13-15-31)20-28(24-38)37(22-27-8-4-2-5-9-27)23-29(39)25-41-30-10-6-3-7-11-30/h2-19,21,28-29,38-39H,20,22-25H2,1H3/t28-,29-/m0/s1. The molecule has 1 heterocycles. The molecule has 1 aromatic heterocycles. The van der Waals surface area contributed by atoms with Gasteiger partial charge in [0.1, 0.15) is 35.7 Å². The van der Waals surface area contributed by atoms with Crippen LogP contribution in [0.1, 0.15) is 11.1 Å². The average Bonchev–Trinajstić information content (AvgIpc) is 3.04. The fourth-order valence-corrected chi connectivity index (χ4v) is 4.91. The van der Waals surface area contributed by atoms with Gasteiger partial charge in [0.2, 0.25) is 0 Å². The highest BCUT2D eigenvalue weighted by Crippen LogP contribution is 2.31. The van der Waals surface area contributed by atoms with Crippen molar-refractivity contribution < 1.29 is 24.4 Å². The highest BCUT2D eigenvalue weighted by molar-refractivity contribution is 5.86. The van der Waals surface area contributed by atoms with Crippen LogP contribution >= 0.6 is 0 Å². The molecule has 7 heteroatoms. The van der Waals surface area contributed by atoms with Crippen molar-refractivity contribution in [3.8, 4) is 23.0 Å². The summed E-state index contributed by atoms with van der Waals surface area (Å²) in [4.78, 5) is 6.55. The van der Waals surface area contributed by atoms with Crippen LogP contribution in [0.25, 0.3) is 10.9 Å². The second-order valence-electron chi connectivity index (χ2n) is 10.2. The maximum Gasteiger partial charge on any atom is 0.138 e. The number of aromatic nitrogens is 1. The first kappa shape index (κ1) is 29.1. The molecule has 2 N–H and O–H groups in total. The van der Waals surface area contributed by atoms with Gasteiger partial charge in [0, 0.05) is 36.8 Å². The fraction of sp³-hybridized carbons (Fsp3) is 0.229. The molecule has 4 aromatic carbocycles. The van der Waals surface area contributed by atoms with E-state index in [0.29, 0.717) is 36.8 Å². The van der Waals surface area contributed by atoms with Gasteiger partial charge in [0.05, 0.1) is 19.2 Å². The third-order valence-electron chi connectivity index (χ3n) is 7.12. The molecule has 0 saturated carbocycles. The zero-order chi connectivity index (χ0) is 29.1. The summed E-state index contributed by atoms with van der Waals surface area (Å²) in [5, 5.41) is 22.2. The van der Waals surface area contributed by atoms with Crippen molar-refractivity contribution in [1.82, 2.24) is 9.88 Å². The Morgan fingerprint density at radius 3 is 2.21 bits per heavy atom. The normalized spacial score (nSPS) is 12.7. The number of nitrogens with zero attached hydrogens (tertiary/aromatic N) is 2. The largest absolute Gasteiger partial charge is 0.497 e. The van der Waals surface area contributed by atoms with E-state index in [9.17, 15) is 10.2 Å². The first-order valence-corrected chi connectivity index (χ1v) is 14.1. The summed E-state index contributed by atoms with van der Waals surface area (Å²) in [6.07, 6.45) is 1.60. The molecule has 7 nitrogen and oxygen atoms in total. The summed E-state index contributed by atoms with van der Waals surface area (Å²) < 4.78 is 17.3. The van der Waals surface area contributed by atoms with Crippen LogP contribution in [-0.4, -0.2) is 59.1 Å². The summed E-state index contributed by atoms with van der Waals surface area (Å²) in [5.41, 5.74) is 2.96. The molecule has 42 heavy (non-hydrogen) atoms.